The van der Waals surface area contributed by atoms with Crippen molar-refractivity contribution in [1.29, 1.82) is 0 Å². The number of carboxylic acids is 1. The van der Waals surface area contributed by atoms with Gasteiger partial charge in [-0.05, 0) is 0 Å². The van der Waals surface area contributed by atoms with Crippen LogP contribution in [0.3, 0.4) is 0 Å². The fourth-order valence-corrected chi connectivity index (χ4v) is 1.85. The van der Waals surface area contributed by atoms with E-state index in [4.69, 9.17) is 5.11 Å². The smallest absolute Gasteiger partial charge is 0.340 e. The molecule has 2 heterocycles. The number of aromatic nitrogens is 3. The summed E-state index contributed by atoms with van der Waals surface area (Å²) in [6, 6.07) is 0. The van der Waals surface area contributed by atoms with Crippen molar-refractivity contribution in [3.05, 3.63) is 26.8 Å². The van der Waals surface area contributed by atoms with Crippen molar-refractivity contribution in [2.24, 2.45) is 0 Å². The standard InChI is InChI=1S/C7H5N3O3S/c11-6(12)4-2-14-1-3(4)5-8-7(13)10-9-5/h1-2H,(H,11,12)(H2,8,9,10,13). The predicted molar refractivity (Wildman–Crippen MR) is 49.5 cm³/mol. The number of rotatable bonds is 2. The third-order valence-corrected chi connectivity index (χ3v) is 2.39. The van der Waals surface area contributed by atoms with Gasteiger partial charge in [0.15, 0.2) is 5.82 Å². The van der Waals surface area contributed by atoms with Crippen LogP contribution in [0.25, 0.3) is 11.4 Å². The summed E-state index contributed by atoms with van der Waals surface area (Å²) >= 11 is 1.24. The van der Waals surface area contributed by atoms with E-state index < -0.39 is 11.7 Å². The molecule has 2 rings (SSSR count). The quantitative estimate of drug-likeness (QED) is 0.674. The molecule has 0 amide bonds. The van der Waals surface area contributed by atoms with Crippen LogP contribution in [-0.2, 0) is 0 Å². The number of H-pyrrole nitrogens is 2. The van der Waals surface area contributed by atoms with Gasteiger partial charge in [0.25, 0.3) is 0 Å². The summed E-state index contributed by atoms with van der Waals surface area (Å²) in [6.45, 7) is 0. The maximum Gasteiger partial charge on any atom is 0.340 e. The molecule has 0 saturated heterocycles. The summed E-state index contributed by atoms with van der Waals surface area (Å²) in [6.07, 6.45) is 0. The molecule has 6 nitrogen and oxygen atoms in total. The van der Waals surface area contributed by atoms with E-state index in [1.807, 2.05) is 0 Å². The number of aromatic carboxylic acids is 1. The van der Waals surface area contributed by atoms with Gasteiger partial charge in [0, 0.05) is 16.3 Å². The fourth-order valence-electron chi connectivity index (χ4n) is 1.04. The number of nitrogens with zero attached hydrogens (tertiary/aromatic N) is 1. The van der Waals surface area contributed by atoms with Crippen molar-refractivity contribution in [2.75, 3.05) is 0 Å². The Morgan fingerprint density at radius 1 is 1.50 bits per heavy atom. The third kappa shape index (κ3) is 1.33. The molecule has 0 saturated carbocycles. The molecule has 0 aromatic carbocycles. The minimum absolute atomic E-state index is 0.137. The molecule has 72 valence electrons. The highest BCUT2D eigenvalue weighted by Crippen LogP contribution is 2.23. The van der Waals surface area contributed by atoms with Crippen molar-refractivity contribution in [2.45, 2.75) is 0 Å². The number of hydrogen-bond donors (Lipinski definition) is 3. The molecule has 0 atom stereocenters. The summed E-state index contributed by atoms with van der Waals surface area (Å²) < 4.78 is 0. The molecule has 0 aliphatic carbocycles. The van der Waals surface area contributed by atoms with Gasteiger partial charge in [0.2, 0.25) is 0 Å². The summed E-state index contributed by atoms with van der Waals surface area (Å²) in [4.78, 5) is 23.9. The van der Waals surface area contributed by atoms with Gasteiger partial charge < -0.3 is 5.11 Å². The summed E-state index contributed by atoms with van der Waals surface area (Å²) in [5, 5.41) is 17.7. The first-order valence-electron chi connectivity index (χ1n) is 3.63. The third-order valence-electron chi connectivity index (χ3n) is 1.65. The molecule has 0 radical (unpaired) electrons. The van der Waals surface area contributed by atoms with E-state index in [1.54, 1.807) is 5.38 Å². The number of carboxylic acid groups (broad SMARTS) is 1. The predicted octanol–water partition coefficient (Wildman–Crippen LogP) is 0.525. The van der Waals surface area contributed by atoms with Gasteiger partial charge in [-0.2, -0.15) is 16.4 Å². The van der Waals surface area contributed by atoms with Gasteiger partial charge in [-0.3, -0.25) is 4.98 Å². The Balaban J connectivity index is 2.56. The topological polar surface area (TPSA) is 98.8 Å². The van der Waals surface area contributed by atoms with Crippen molar-refractivity contribution in [3.8, 4) is 11.4 Å². The molecular weight excluding hydrogens is 206 g/mol. The number of nitrogens with one attached hydrogen (secondary N) is 2. The zero-order valence-electron chi connectivity index (χ0n) is 6.77. The van der Waals surface area contributed by atoms with Crippen LogP contribution >= 0.6 is 11.3 Å². The molecule has 0 aliphatic rings. The van der Waals surface area contributed by atoms with E-state index in [-0.39, 0.29) is 11.4 Å². The van der Waals surface area contributed by atoms with E-state index in [0.717, 1.165) is 0 Å². The van der Waals surface area contributed by atoms with E-state index >= 15 is 0 Å². The second-order valence-electron chi connectivity index (χ2n) is 2.53. The molecule has 0 bridgehead atoms. The molecule has 2 aromatic heterocycles. The van der Waals surface area contributed by atoms with E-state index in [9.17, 15) is 9.59 Å². The van der Waals surface area contributed by atoms with E-state index in [1.165, 1.54) is 16.7 Å². The van der Waals surface area contributed by atoms with Crippen molar-refractivity contribution in [3.63, 3.8) is 0 Å². The Bertz CT molecular complexity index is 524. The second kappa shape index (κ2) is 3.11. The number of aromatic amines is 2. The molecule has 0 spiro atoms. The molecule has 3 N–H and O–H groups in total. The fraction of sp³-hybridized carbons (Fsp3) is 0. The molecule has 14 heavy (non-hydrogen) atoms. The zero-order valence-corrected chi connectivity index (χ0v) is 7.59. The van der Waals surface area contributed by atoms with Gasteiger partial charge in [-0.15, -0.1) is 0 Å². The van der Waals surface area contributed by atoms with Gasteiger partial charge in [0.1, 0.15) is 0 Å². The minimum Gasteiger partial charge on any atom is -0.478 e. The van der Waals surface area contributed by atoms with Crippen LogP contribution in [0.5, 0.6) is 0 Å². The Labute approximate surface area is 81.2 Å². The highest BCUT2D eigenvalue weighted by Gasteiger charge is 2.14. The molecule has 0 unspecified atom stereocenters. The normalized spacial score (nSPS) is 10.3. The average Bonchev–Trinajstić information content (AvgIpc) is 2.70. The van der Waals surface area contributed by atoms with Crippen molar-refractivity contribution in [1.82, 2.24) is 15.2 Å². The first kappa shape index (κ1) is 8.70. The lowest BCUT2D eigenvalue weighted by Gasteiger charge is -1.92. The minimum atomic E-state index is -1.04. The van der Waals surface area contributed by atoms with Crippen LogP contribution in [0.1, 0.15) is 10.4 Å². The van der Waals surface area contributed by atoms with Crippen LogP contribution in [0.2, 0.25) is 0 Å². The second-order valence-corrected chi connectivity index (χ2v) is 3.27. The monoisotopic (exact) mass is 211 g/mol. The number of hydrogen-bond acceptors (Lipinski definition) is 4. The summed E-state index contributed by atoms with van der Waals surface area (Å²) in [5.74, 6) is -0.793. The van der Waals surface area contributed by atoms with Gasteiger partial charge in [-0.1, -0.05) is 0 Å². The highest BCUT2D eigenvalue weighted by atomic mass is 32.1. The highest BCUT2D eigenvalue weighted by molar-refractivity contribution is 7.08. The lowest BCUT2D eigenvalue weighted by atomic mass is 10.2. The molecular formula is C7H5N3O3S. The summed E-state index contributed by atoms with van der Waals surface area (Å²) in [7, 11) is 0. The van der Waals surface area contributed by atoms with Crippen LogP contribution in [-0.4, -0.2) is 26.3 Å². The Hall–Kier alpha value is -1.89. The van der Waals surface area contributed by atoms with Crippen LogP contribution in [0, 0.1) is 0 Å². The van der Waals surface area contributed by atoms with Crippen molar-refractivity contribution < 1.29 is 9.90 Å². The average molecular weight is 211 g/mol. The maximum absolute atomic E-state index is 10.7. The van der Waals surface area contributed by atoms with Crippen LogP contribution < -0.4 is 5.69 Å². The largest absolute Gasteiger partial charge is 0.478 e. The van der Waals surface area contributed by atoms with E-state index in [2.05, 4.69) is 15.2 Å². The van der Waals surface area contributed by atoms with Gasteiger partial charge in [-0.25, -0.2) is 14.7 Å². The number of carbonyl (C=O) groups is 1. The van der Waals surface area contributed by atoms with Crippen LogP contribution in [0.15, 0.2) is 15.6 Å². The zero-order chi connectivity index (χ0) is 10.1. The molecule has 2 aromatic rings. The lowest BCUT2D eigenvalue weighted by Crippen LogP contribution is -2.01. The Kier molecular flexibility index (Phi) is 1.93. The molecule has 7 heteroatoms. The lowest BCUT2D eigenvalue weighted by molar-refractivity contribution is 0.0698. The molecule has 0 fully saturated rings. The van der Waals surface area contributed by atoms with Gasteiger partial charge in [0.05, 0.1) is 5.56 Å². The summed E-state index contributed by atoms with van der Waals surface area (Å²) in [5.41, 5.74) is 0.0983. The van der Waals surface area contributed by atoms with Gasteiger partial charge >= 0.3 is 11.7 Å². The van der Waals surface area contributed by atoms with Crippen LogP contribution in [0.4, 0.5) is 0 Å². The first-order valence-corrected chi connectivity index (χ1v) is 4.57. The first-order chi connectivity index (χ1) is 6.68. The van der Waals surface area contributed by atoms with E-state index in [0.29, 0.717) is 5.56 Å². The molecule has 0 aliphatic heterocycles. The SMILES string of the molecule is O=C(O)c1cscc1-c1n[nH]c(=O)[nH]1. The number of thiophene rings is 1. The Morgan fingerprint density at radius 3 is 2.86 bits per heavy atom. The van der Waals surface area contributed by atoms with Crippen molar-refractivity contribution >= 4 is 17.3 Å². The Morgan fingerprint density at radius 2 is 2.29 bits per heavy atom. The maximum atomic E-state index is 10.7.